The molecule has 2 atom stereocenters. The number of halogens is 2. The van der Waals surface area contributed by atoms with E-state index in [1.54, 1.807) is 22.3 Å². The molecule has 0 fully saturated rings. The first-order chi connectivity index (χ1) is 12.3. The zero-order valence-electron chi connectivity index (χ0n) is 16.7. The van der Waals surface area contributed by atoms with Crippen LogP contribution in [0.25, 0.3) is 0 Å². The molecular formula is C23H32Cl2Zr-2. The Morgan fingerprint density at radius 3 is 1.54 bits per heavy atom. The van der Waals surface area contributed by atoms with Crippen LogP contribution < -0.4 is 0 Å². The molecule has 0 saturated heterocycles. The number of aryl methyl sites for hydroxylation is 4. The quantitative estimate of drug-likeness (QED) is 0.347. The van der Waals surface area contributed by atoms with Gasteiger partial charge in [-0.1, -0.05) is 78.1 Å². The van der Waals surface area contributed by atoms with Gasteiger partial charge in [0.2, 0.25) is 0 Å². The van der Waals surface area contributed by atoms with Gasteiger partial charge < -0.3 is 0 Å². The average molecular weight is 471 g/mol. The molecule has 0 aliphatic heterocycles. The Balaban J connectivity index is 0.000000156. The van der Waals surface area contributed by atoms with Gasteiger partial charge in [0.1, 0.15) is 0 Å². The summed E-state index contributed by atoms with van der Waals surface area (Å²) in [5, 5.41) is 0. The maximum absolute atomic E-state index is 5.13. The van der Waals surface area contributed by atoms with Crippen LogP contribution in [0.15, 0.2) is 24.3 Å². The van der Waals surface area contributed by atoms with E-state index < -0.39 is 18.9 Å². The molecule has 0 radical (unpaired) electrons. The Morgan fingerprint density at radius 1 is 0.885 bits per heavy atom. The molecule has 2 aromatic carbocycles. The van der Waals surface area contributed by atoms with E-state index in [0.717, 1.165) is 11.8 Å². The molecule has 0 bridgehead atoms. The third-order valence-corrected chi connectivity index (χ3v) is 5.54. The van der Waals surface area contributed by atoms with Crippen LogP contribution in [0.2, 0.25) is 0 Å². The van der Waals surface area contributed by atoms with Crippen molar-refractivity contribution in [1.82, 2.24) is 0 Å². The summed E-state index contributed by atoms with van der Waals surface area (Å²) < 4.78 is 3.37. The van der Waals surface area contributed by atoms with Gasteiger partial charge in [-0.2, -0.15) is 45.5 Å². The van der Waals surface area contributed by atoms with Crippen molar-refractivity contribution in [2.24, 2.45) is 0 Å². The van der Waals surface area contributed by atoms with Crippen molar-refractivity contribution in [3.05, 3.63) is 57.6 Å². The first-order valence-electron chi connectivity index (χ1n) is 9.80. The van der Waals surface area contributed by atoms with Gasteiger partial charge in [-0.15, -0.1) is 0 Å². The molecule has 0 nitrogen and oxygen atoms in total. The van der Waals surface area contributed by atoms with Crippen molar-refractivity contribution in [3.63, 3.8) is 0 Å². The van der Waals surface area contributed by atoms with Gasteiger partial charge in [0.05, 0.1) is 0 Å². The molecule has 3 heteroatoms. The molecule has 4 rings (SSSR count). The van der Waals surface area contributed by atoms with Crippen molar-refractivity contribution < 1.29 is 18.9 Å². The van der Waals surface area contributed by atoms with Crippen molar-refractivity contribution in [2.45, 2.75) is 78.1 Å². The fraction of sp³-hybridized carbons (Fsp3) is 0.522. The van der Waals surface area contributed by atoms with Gasteiger partial charge in [0, 0.05) is 0 Å². The van der Waals surface area contributed by atoms with Crippen molar-refractivity contribution in [3.8, 4) is 0 Å². The molecule has 0 saturated carbocycles. The number of hydrogen-bond donors (Lipinski definition) is 0. The zero-order valence-corrected chi connectivity index (χ0v) is 20.6. The van der Waals surface area contributed by atoms with Gasteiger partial charge >= 0.3 is 40.1 Å². The van der Waals surface area contributed by atoms with Gasteiger partial charge in [-0.05, 0) is 0 Å². The van der Waals surface area contributed by atoms with Crippen LogP contribution in [-0.4, -0.2) is 4.21 Å². The molecule has 0 amide bonds. The molecule has 2 aliphatic rings. The minimum absolute atomic E-state index is 0.812. The summed E-state index contributed by atoms with van der Waals surface area (Å²) >= 11 is -1.85. The minimum atomic E-state index is -1.85. The third-order valence-electron chi connectivity index (χ3n) is 5.54. The Bertz CT molecular complexity index is 662. The van der Waals surface area contributed by atoms with Crippen LogP contribution in [0.5, 0.6) is 0 Å². The first kappa shape index (κ1) is 22.3. The normalized spacial score (nSPS) is 20.7. The second kappa shape index (κ2) is 10.5. The van der Waals surface area contributed by atoms with E-state index >= 15 is 0 Å². The summed E-state index contributed by atoms with van der Waals surface area (Å²) in [6.07, 6.45) is 8.17. The van der Waals surface area contributed by atoms with Crippen LogP contribution in [0, 0.1) is 13.8 Å². The molecule has 0 heterocycles. The van der Waals surface area contributed by atoms with E-state index in [1.807, 2.05) is 0 Å². The number of fused-ring (bicyclic) bond motifs is 2. The first-order valence-corrected chi connectivity index (χ1v) is 17.9. The van der Waals surface area contributed by atoms with Crippen LogP contribution >= 0.6 is 17.0 Å². The van der Waals surface area contributed by atoms with Crippen molar-refractivity contribution in [1.29, 1.82) is 0 Å². The fourth-order valence-corrected chi connectivity index (χ4v) is 4.33. The van der Waals surface area contributed by atoms with Crippen LogP contribution in [0.1, 0.15) is 84.7 Å². The second-order valence-corrected chi connectivity index (χ2v) is 16.2. The van der Waals surface area contributed by atoms with Gasteiger partial charge in [0.25, 0.3) is 0 Å². The van der Waals surface area contributed by atoms with Crippen LogP contribution in [0.3, 0.4) is 0 Å². The summed E-state index contributed by atoms with van der Waals surface area (Å²) in [6, 6.07) is 9.42. The number of rotatable bonds is 0. The summed E-state index contributed by atoms with van der Waals surface area (Å²) in [4.78, 5) is 0. The molecule has 2 aliphatic carbocycles. The molecule has 0 spiro atoms. The van der Waals surface area contributed by atoms with E-state index in [-0.39, 0.29) is 0 Å². The molecule has 26 heavy (non-hydrogen) atoms. The molecule has 2 unspecified atom stereocenters. The van der Waals surface area contributed by atoms with E-state index in [4.69, 9.17) is 17.0 Å². The fourth-order valence-electron chi connectivity index (χ4n) is 4.33. The Hall–Kier alpha value is 0.0331. The summed E-state index contributed by atoms with van der Waals surface area (Å²) in [5.41, 5.74) is 9.36. The topological polar surface area (TPSA) is 0 Å². The Labute approximate surface area is 174 Å². The zero-order chi connectivity index (χ0) is 19.3. The van der Waals surface area contributed by atoms with Gasteiger partial charge in [-0.25, -0.2) is 12.1 Å². The predicted octanol–water partition coefficient (Wildman–Crippen LogP) is 7.65. The molecule has 0 aromatic heterocycles. The summed E-state index contributed by atoms with van der Waals surface area (Å²) in [6.45, 7) is 9.09. The standard InChI is InChI=1S/2C11H15.CH2.2ClH.Zr/c2*1-8-6-10-5-3-4-9(2)11(10)7-8;;;;/h2*6-7,9H,3-5H2,1-2H3;1H2;2*1H;/q2*-1;;;;+2/p-2. The monoisotopic (exact) mass is 468 g/mol. The van der Waals surface area contributed by atoms with E-state index in [0.29, 0.717) is 0 Å². The van der Waals surface area contributed by atoms with Gasteiger partial charge in [-0.3, -0.25) is 0 Å². The van der Waals surface area contributed by atoms with E-state index in [2.05, 4.69) is 56.2 Å². The van der Waals surface area contributed by atoms with Gasteiger partial charge in [0.15, 0.2) is 0 Å². The maximum atomic E-state index is 5.13. The van der Waals surface area contributed by atoms with E-state index in [1.165, 1.54) is 49.7 Å². The predicted molar refractivity (Wildman–Crippen MR) is 115 cm³/mol. The summed E-state index contributed by atoms with van der Waals surface area (Å²) in [7, 11) is 10.3. The third kappa shape index (κ3) is 6.58. The average Bonchev–Trinajstić information content (AvgIpc) is 3.11. The summed E-state index contributed by atoms with van der Waals surface area (Å²) in [5.74, 6) is 1.62. The molecular weight excluding hydrogens is 438 g/mol. The molecule has 2 aromatic rings. The van der Waals surface area contributed by atoms with Crippen molar-refractivity contribution in [2.75, 3.05) is 0 Å². The molecule has 0 N–H and O–H groups in total. The number of hydrogen-bond acceptors (Lipinski definition) is 0. The SMILES string of the molecule is Cc1cc2c([cH-]1)CCCC2C.Cc1cc2c([cH-]1)CCCC2C.[CH2]=[Zr]([Cl])[Cl]. The van der Waals surface area contributed by atoms with E-state index in [9.17, 15) is 0 Å². The second-order valence-electron chi connectivity index (χ2n) is 7.95. The Kier molecular flexibility index (Phi) is 9.05. The Morgan fingerprint density at radius 2 is 1.23 bits per heavy atom. The van der Waals surface area contributed by atoms with Crippen LogP contribution in [-0.2, 0) is 31.7 Å². The molecule has 144 valence electrons. The van der Waals surface area contributed by atoms with Crippen LogP contribution in [0.4, 0.5) is 0 Å². The van der Waals surface area contributed by atoms with Crippen molar-refractivity contribution >= 4 is 21.2 Å².